The van der Waals surface area contributed by atoms with Crippen molar-refractivity contribution in [3.8, 4) is 0 Å². The summed E-state index contributed by atoms with van der Waals surface area (Å²) >= 11 is 3.32. The minimum Gasteiger partial charge on any atom is -0.369 e. The highest BCUT2D eigenvalue weighted by molar-refractivity contribution is 9.10. The van der Waals surface area contributed by atoms with Gasteiger partial charge in [-0.2, -0.15) is 0 Å². The normalized spacial score (nSPS) is 10.4. The van der Waals surface area contributed by atoms with Crippen LogP contribution in [0.2, 0.25) is 0 Å². The fraction of sp³-hybridized carbons (Fsp3) is 0.231. The van der Waals surface area contributed by atoms with Crippen molar-refractivity contribution in [2.45, 2.75) is 13.3 Å². The molecule has 20 heavy (non-hydrogen) atoms. The second-order valence-corrected chi connectivity index (χ2v) is 4.83. The molecule has 2 N–H and O–H groups in total. The first-order valence-corrected chi connectivity index (χ1v) is 6.88. The van der Waals surface area contributed by atoms with Crippen LogP contribution < -0.4 is 10.6 Å². The molecule has 0 fully saturated rings. The molecule has 1 aromatic carbocycles. The van der Waals surface area contributed by atoms with E-state index in [1.807, 2.05) is 6.92 Å². The first kappa shape index (κ1) is 14.6. The van der Waals surface area contributed by atoms with Crippen molar-refractivity contribution in [2.24, 2.45) is 0 Å². The minimum atomic E-state index is -0.682. The summed E-state index contributed by atoms with van der Waals surface area (Å²) in [6.45, 7) is 2.76. The van der Waals surface area contributed by atoms with Gasteiger partial charge in [0.05, 0.1) is 0 Å². The average molecular weight is 343 g/mol. The standard InChI is InChI=1S/C13H13BrF2N4/c1-2-6-17-12-10(14)13(19-7-18-12)20-11-8(15)4-3-5-9(11)16/h3-5,7H,2,6H2,1H3,(H2,17,18,19,20). The van der Waals surface area contributed by atoms with Gasteiger partial charge in [0.1, 0.15) is 39.8 Å². The predicted octanol–water partition coefficient (Wildman–Crippen LogP) is 4.08. The van der Waals surface area contributed by atoms with E-state index in [4.69, 9.17) is 0 Å². The van der Waals surface area contributed by atoms with E-state index in [-0.39, 0.29) is 5.69 Å². The number of rotatable bonds is 5. The Kier molecular flexibility index (Phi) is 4.84. The number of halogens is 3. The summed E-state index contributed by atoms with van der Waals surface area (Å²) < 4.78 is 27.7. The van der Waals surface area contributed by atoms with Crippen LogP contribution >= 0.6 is 15.9 Å². The van der Waals surface area contributed by atoms with Gasteiger partial charge in [-0.05, 0) is 34.5 Å². The molecule has 0 radical (unpaired) electrons. The third kappa shape index (κ3) is 3.22. The average Bonchev–Trinajstić information content (AvgIpc) is 2.43. The highest BCUT2D eigenvalue weighted by Crippen LogP contribution is 2.30. The maximum Gasteiger partial charge on any atom is 0.150 e. The molecule has 0 bridgehead atoms. The molecule has 1 heterocycles. The Balaban J connectivity index is 2.30. The van der Waals surface area contributed by atoms with E-state index < -0.39 is 11.6 Å². The minimum absolute atomic E-state index is 0.242. The van der Waals surface area contributed by atoms with E-state index >= 15 is 0 Å². The Morgan fingerprint density at radius 1 is 1.15 bits per heavy atom. The number of anilines is 3. The summed E-state index contributed by atoms with van der Waals surface area (Å²) in [5.41, 5.74) is -0.242. The summed E-state index contributed by atoms with van der Waals surface area (Å²) in [6.07, 6.45) is 2.25. The van der Waals surface area contributed by atoms with E-state index in [0.717, 1.165) is 13.0 Å². The van der Waals surface area contributed by atoms with Gasteiger partial charge in [0.15, 0.2) is 0 Å². The molecule has 7 heteroatoms. The second kappa shape index (κ2) is 6.60. The van der Waals surface area contributed by atoms with Gasteiger partial charge in [0.2, 0.25) is 0 Å². The number of para-hydroxylation sites is 1. The molecular formula is C13H13BrF2N4. The van der Waals surface area contributed by atoms with Crippen molar-refractivity contribution in [1.82, 2.24) is 9.97 Å². The predicted molar refractivity (Wildman–Crippen MR) is 78.2 cm³/mol. The van der Waals surface area contributed by atoms with Crippen LogP contribution in [-0.2, 0) is 0 Å². The zero-order valence-electron chi connectivity index (χ0n) is 10.8. The molecule has 0 saturated heterocycles. The second-order valence-electron chi connectivity index (χ2n) is 4.03. The summed E-state index contributed by atoms with van der Waals surface area (Å²) in [5.74, 6) is -0.499. The largest absolute Gasteiger partial charge is 0.369 e. The Bertz CT molecular complexity index is 587. The van der Waals surface area contributed by atoms with Crippen molar-refractivity contribution >= 4 is 33.3 Å². The molecule has 0 aliphatic rings. The first-order chi connectivity index (χ1) is 9.63. The van der Waals surface area contributed by atoms with Crippen LogP contribution in [0.25, 0.3) is 0 Å². The number of benzene rings is 1. The molecule has 106 valence electrons. The lowest BCUT2D eigenvalue weighted by Gasteiger charge is -2.12. The van der Waals surface area contributed by atoms with Gasteiger partial charge in [0, 0.05) is 6.54 Å². The fourth-order valence-electron chi connectivity index (χ4n) is 1.56. The lowest BCUT2D eigenvalue weighted by atomic mass is 10.3. The summed E-state index contributed by atoms with van der Waals surface area (Å²) in [6, 6.07) is 3.66. The molecule has 0 amide bonds. The molecule has 2 aromatic rings. The Hall–Kier alpha value is -1.76. The number of nitrogens with one attached hydrogen (secondary N) is 2. The first-order valence-electron chi connectivity index (χ1n) is 6.09. The van der Waals surface area contributed by atoms with Gasteiger partial charge >= 0.3 is 0 Å². The molecular weight excluding hydrogens is 330 g/mol. The molecule has 0 saturated carbocycles. The van der Waals surface area contributed by atoms with Crippen LogP contribution in [0.15, 0.2) is 29.0 Å². The molecule has 0 unspecified atom stereocenters. The molecule has 0 spiro atoms. The van der Waals surface area contributed by atoms with Crippen LogP contribution in [0, 0.1) is 11.6 Å². The van der Waals surface area contributed by atoms with Crippen LogP contribution in [-0.4, -0.2) is 16.5 Å². The third-order valence-corrected chi connectivity index (χ3v) is 3.29. The lowest BCUT2D eigenvalue weighted by Crippen LogP contribution is -2.06. The maximum atomic E-state index is 13.6. The fourth-order valence-corrected chi connectivity index (χ4v) is 2.00. The molecule has 0 aliphatic heterocycles. The summed E-state index contributed by atoms with van der Waals surface area (Å²) in [5, 5.41) is 5.73. The van der Waals surface area contributed by atoms with E-state index in [9.17, 15) is 8.78 Å². The molecule has 4 nitrogen and oxygen atoms in total. The van der Waals surface area contributed by atoms with Crippen molar-refractivity contribution in [1.29, 1.82) is 0 Å². The van der Waals surface area contributed by atoms with Crippen LogP contribution in [0.4, 0.5) is 26.1 Å². The Morgan fingerprint density at radius 2 is 1.80 bits per heavy atom. The summed E-state index contributed by atoms with van der Waals surface area (Å²) in [7, 11) is 0. The highest BCUT2D eigenvalue weighted by Gasteiger charge is 2.13. The van der Waals surface area contributed by atoms with E-state index in [1.54, 1.807) is 0 Å². The molecule has 2 rings (SSSR count). The summed E-state index contributed by atoms with van der Waals surface area (Å²) in [4.78, 5) is 8.05. The van der Waals surface area contributed by atoms with Crippen LogP contribution in [0.5, 0.6) is 0 Å². The van der Waals surface area contributed by atoms with Crippen molar-refractivity contribution in [3.05, 3.63) is 40.6 Å². The quantitative estimate of drug-likeness (QED) is 0.859. The monoisotopic (exact) mass is 342 g/mol. The maximum absolute atomic E-state index is 13.6. The van der Waals surface area contributed by atoms with Crippen molar-refractivity contribution in [3.63, 3.8) is 0 Å². The van der Waals surface area contributed by atoms with Crippen LogP contribution in [0.3, 0.4) is 0 Å². The molecule has 0 aliphatic carbocycles. The highest BCUT2D eigenvalue weighted by atomic mass is 79.9. The third-order valence-electron chi connectivity index (χ3n) is 2.54. The topological polar surface area (TPSA) is 49.8 Å². The Morgan fingerprint density at radius 3 is 2.45 bits per heavy atom. The van der Waals surface area contributed by atoms with Gasteiger partial charge in [0.25, 0.3) is 0 Å². The smallest absolute Gasteiger partial charge is 0.150 e. The van der Waals surface area contributed by atoms with E-state index in [2.05, 4.69) is 36.5 Å². The van der Waals surface area contributed by atoms with Gasteiger partial charge in [-0.15, -0.1) is 0 Å². The zero-order valence-corrected chi connectivity index (χ0v) is 12.3. The Labute approximate surface area is 123 Å². The van der Waals surface area contributed by atoms with Crippen molar-refractivity contribution < 1.29 is 8.78 Å². The molecule has 0 atom stereocenters. The van der Waals surface area contributed by atoms with E-state index in [1.165, 1.54) is 24.5 Å². The van der Waals surface area contributed by atoms with Crippen LogP contribution in [0.1, 0.15) is 13.3 Å². The van der Waals surface area contributed by atoms with Gasteiger partial charge in [-0.1, -0.05) is 13.0 Å². The van der Waals surface area contributed by atoms with Gasteiger partial charge < -0.3 is 10.6 Å². The van der Waals surface area contributed by atoms with Gasteiger partial charge in [-0.25, -0.2) is 18.7 Å². The number of aromatic nitrogens is 2. The van der Waals surface area contributed by atoms with Gasteiger partial charge in [-0.3, -0.25) is 0 Å². The number of nitrogens with zero attached hydrogens (tertiary/aromatic N) is 2. The zero-order chi connectivity index (χ0) is 14.5. The number of hydrogen-bond acceptors (Lipinski definition) is 4. The lowest BCUT2D eigenvalue weighted by molar-refractivity contribution is 0.590. The number of hydrogen-bond donors (Lipinski definition) is 2. The van der Waals surface area contributed by atoms with Crippen molar-refractivity contribution in [2.75, 3.05) is 17.2 Å². The molecule has 1 aromatic heterocycles. The van der Waals surface area contributed by atoms with E-state index in [0.29, 0.717) is 16.1 Å². The SMILES string of the molecule is CCCNc1ncnc(Nc2c(F)cccc2F)c1Br.